The minimum Gasteiger partial charge on any atom is -0.369 e. The Bertz CT molecular complexity index is 883. The minimum atomic E-state index is -0.294. The SMILES string of the molecule is Cc1cc(-c2nc(C3CC3)no2)ccc1NC(=O)N(C)C1CC(C(N)=O)C1. The van der Waals surface area contributed by atoms with Gasteiger partial charge in [0.25, 0.3) is 5.89 Å². The maximum absolute atomic E-state index is 12.5. The Morgan fingerprint density at radius 2 is 2.04 bits per heavy atom. The smallest absolute Gasteiger partial charge is 0.321 e. The molecule has 8 nitrogen and oxygen atoms in total. The molecule has 1 heterocycles. The van der Waals surface area contributed by atoms with Crippen LogP contribution in [-0.4, -0.2) is 40.1 Å². The third-order valence-corrected chi connectivity index (χ3v) is 5.48. The summed E-state index contributed by atoms with van der Waals surface area (Å²) >= 11 is 0. The standard InChI is InChI=1S/C19H23N5O3/c1-10-7-12(18-22-17(23-27-18)11-3-4-11)5-6-15(10)21-19(26)24(2)14-8-13(9-14)16(20)25/h5-7,11,13-14H,3-4,8-9H2,1-2H3,(H2,20,25)(H,21,26). The summed E-state index contributed by atoms with van der Waals surface area (Å²) in [5.41, 5.74) is 7.75. The Morgan fingerprint density at radius 3 is 2.67 bits per heavy atom. The second kappa shape index (κ2) is 6.68. The van der Waals surface area contributed by atoms with Crippen LogP contribution in [0.2, 0.25) is 0 Å². The van der Waals surface area contributed by atoms with Gasteiger partial charge in [0.05, 0.1) is 0 Å². The van der Waals surface area contributed by atoms with Crippen molar-refractivity contribution in [2.45, 2.75) is 44.6 Å². The molecule has 2 aliphatic carbocycles. The van der Waals surface area contributed by atoms with E-state index in [4.69, 9.17) is 10.3 Å². The molecule has 0 radical (unpaired) electrons. The Labute approximate surface area is 157 Å². The van der Waals surface area contributed by atoms with Crippen LogP contribution in [0.1, 0.15) is 43.0 Å². The van der Waals surface area contributed by atoms with Crippen molar-refractivity contribution < 1.29 is 14.1 Å². The molecule has 0 aliphatic heterocycles. The molecule has 0 atom stereocenters. The van der Waals surface area contributed by atoms with Crippen molar-refractivity contribution >= 4 is 17.6 Å². The van der Waals surface area contributed by atoms with E-state index in [0.29, 0.717) is 24.7 Å². The highest BCUT2D eigenvalue weighted by atomic mass is 16.5. The average molecular weight is 369 g/mol. The van der Waals surface area contributed by atoms with E-state index in [9.17, 15) is 9.59 Å². The van der Waals surface area contributed by atoms with Gasteiger partial charge in [-0.2, -0.15) is 4.98 Å². The summed E-state index contributed by atoms with van der Waals surface area (Å²) < 4.78 is 5.35. The number of urea groups is 1. The summed E-state index contributed by atoms with van der Waals surface area (Å²) in [7, 11) is 1.73. The van der Waals surface area contributed by atoms with Crippen LogP contribution < -0.4 is 11.1 Å². The molecule has 0 bridgehead atoms. The number of nitrogens with one attached hydrogen (secondary N) is 1. The quantitative estimate of drug-likeness (QED) is 0.841. The van der Waals surface area contributed by atoms with E-state index in [1.54, 1.807) is 11.9 Å². The lowest BCUT2D eigenvalue weighted by molar-refractivity contribution is -0.125. The van der Waals surface area contributed by atoms with Gasteiger partial charge in [0.15, 0.2) is 5.82 Å². The molecule has 4 rings (SSSR count). The van der Waals surface area contributed by atoms with Crippen LogP contribution in [0.4, 0.5) is 10.5 Å². The Balaban J connectivity index is 1.40. The lowest BCUT2D eigenvalue weighted by Crippen LogP contribution is -2.50. The van der Waals surface area contributed by atoms with Crippen LogP contribution in [0.25, 0.3) is 11.5 Å². The summed E-state index contributed by atoms with van der Waals surface area (Å²) in [6.45, 7) is 1.92. The highest BCUT2D eigenvalue weighted by Crippen LogP contribution is 2.39. The van der Waals surface area contributed by atoms with Gasteiger partial charge in [-0.3, -0.25) is 4.79 Å². The lowest BCUT2D eigenvalue weighted by Gasteiger charge is -2.39. The van der Waals surface area contributed by atoms with Gasteiger partial charge in [0.1, 0.15) is 0 Å². The molecule has 2 aromatic rings. The Kier molecular flexibility index (Phi) is 4.33. The molecule has 0 saturated heterocycles. The fraction of sp³-hybridized carbons (Fsp3) is 0.474. The highest BCUT2D eigenvalue weighted by molar-refractivity contribution is 5.91. The number of nitrogens with two attached hydrogens (primary N) is 1. The molecule has 27 heavy (non-hydrogen) atoms. The third-order valence-electron chi connectivity index (χ3n) is 5.48. The van der Waals surface area contributed by atoms with E-state index in [0.717, 1.165) is 35.5 Å². The number of carbonyl (C=O) groups is 2. The fourth-order valence-corrected chi connectivity index (χ4v) is 3.30. The van der Waals surface area contributed by atoms with Gasteiger partial charge >= 0.3 is 6.03 Å². The predicted octanol–water partition coefficient (Wildman–Crippen LogP) is 2.65. The van der Waals surface area contributed by atoms with Crippen LogP contribution in [0.15, 0.2) is 22.7 Å². The van der Waals surface area contributed by atoms with Crippen molar-refractivity contribution in [1.82, 2.24) is 15.0 Å². The van der Waals surface area contributed by atoms with E-state index in [-0.39, 0.29) is 23.9 Å². The molecule has 3 amide bonds. The topological polar surface area (TPSA) is 114 Å². The number of benzene rings is 1. The summed E-state index contributed by atoms with van der Waals surface area (Å²) in [4.78, 5) is 29.7. The monoisotopic (exact) mass is 369 g/mol. The molecule has 8 heteroatoms. The molecule has 2 aliphatic rings. The number of primary amides is 1. The minimum absolute atomic E-state index is 0.0429. The third kappa shape index (κ3) is 3.51. The van der Waals surface area contributed by atoms with Gasteiger partial charge in [-0.05, 0) is 56.4 Å². The van der Waals surface area contributed by atoms with Crippen LogP contribution >= 0.6 is 0 Å². The van der Waals surface area contributed by atoms with Gasteiger partial charge in [0, 0.05) is 36.2 Å². The lowest BCUT2D eigenvalue weighted by atomic mass is 9.79. The number of anilines is 1. The predicted molar refractivity (Wildman–Crippen MR) is 98.9 cm³/mol. The first-order valence-electron chi connectivity index (χ1n) is 9.20. The van der Waals surface area contributed by atoms with Crippen LogP contribution in [0, 0.1) is 12.8 Å². The molecule has 142 valence electrons. The van der Waals surface area contributed by atoms with Crippen molar-refractivity contribution in [1.29, 1.82) is 0 Å². The number of amides is 3. The number of carbonyl (C=O) groups excluding carboxylic acids is 2. The summed E-state index contributed by atoms with van der Waals surface area (Å²) in [5, 5.41) is 6.96. The normalized spacial score (nSPS) is 21.4. The fourth-order valence-electron chi connectivity index (χ4n) is 3.30. The molecular weight excluding hydrogens is 346 g/mol. The number of nitrogens with zero attached hydrogens (tertiary/aromatic N) is 3. The van der Waals surface area contributed by atoms with E-state index in [1.807, 2.05) is 25.1 Å². The summed E-state index contributed by atoms with van der Waals surface area (Å²) in [6, 6.07) is 5.46. The molecule has 1 aromatic heterocycles. The second-order valence-electron chi connectivity index (χ2n) is 7.53. The van der Waals surface area contributed by atoms with Gasteiger partial charge < -0.3 is 20.5 Å². The molecular formula is C19H23N5O3. The summed E-state index contributed by atoms with van der Waals surface area (Å²) in [6.07, 6.45) is 3.49. The maximum atomic E-state index is 12.5. The van der Waals surface area contributed by atoms with Crippen LogP contribution in [-0.2, 0) is 4.79 Å². The van der Waals surface area contributed by atoms with Gasteiger partial charge in [-0.25, -0.2) is 4.79 Å². The molecule has 2 saturated carbocycles. The largest absolute Gasteiger partial charge is 0.369 e. The number of aryl methyl sites for hydroxylation is 1. The number of rotatable bonds is 5. The van der Waals surface area contributed by atoms with Crippen molar-refractivity contribution in [2.75, 3.05) is 12.4 Å². The van der Waals surface area contributed by atoms with E-state index in [2.05, 4.69) is 15.5 Å². The first kappa shape index (κ1) is 17.5. The van der Waals surface area contributed by atoms with Gasteiger partial charge in [-0.1, -0.05) is 5.16 Å². The first-order chi connectivity index (χ1) is 12.9. The second-order valence-corrected chi connectivity index (χ2v) is 7.53. The van der Waals surface area contributed by atoms with Gasteiger partial charge in [0.2, 0.25) is 5.91 Å². The number of hydrogen-bond acceptors (Lipinski definition) is 5. The summed E-state index contributed by atoms with van der Waals surface area (Å²) in [5.74, 6) is 1.30. The maximum Gasteiger partial charge on any atom is 0.321 e. The van der Waals surface area contributed by atoms with Crippen LogP contribution in [0.3, 0.4) is 0 Å². The average Bonchev–Trinajstić information content (AvgIpc) is 3.32. The van der Waals surface area contributed by atoms with E-state index >= 15 is 0 Å². The van der Waals surface area contributed by atoms with E-state index < -0.39 is 0 Å². The zero-order valence-electron chi connectivity index (χ0n) is 15.4. The molecule has 0 unspecified atom stereocenters. The van der Waals surface area contributed by atoms with Gasteiger partial charge in [-0.15, -0.1) is 0 Å². The zero-order valence-corrected chi connectivity index (χ0v) is 15.4. The zero-order chi connectivity index (χ0) is 19.1. The molecule has 2 fully saturated rings. The Hall–Kier alpha value is -2.90. The highest BCUT2D eigenvalue weighted by Gasteiger charge is 2.37. The molecule has 0 spiro atoms. The number of aromatic nitrogens is 2. The number of hydrogen-bond donors (Lipinski definition) is 2. The van der Waals surface area contributed by atoms with Crippen molar-refractivity contribution in [2.24, 2.45) is 11.7 Å². The van der Waals surface area contributed by atoms with E-state index in [1.165, 1.54) is 0 Å². The van der Waals surface area contributed by atoms with Crippen molar-refractivity contribution in [3.63, 3.8) is 0 Å². The Morgan fingerprint density at radius 1 is 1.30 bits per heavy atom. The van der Waals surface area contributed by atoms with Crippen molar-refractivity contribution in [3.8, 4) is 11.5 Å². The van der Waals surface area contributed by atoms with Crippen molar-refractivity contribution in [3.05, 3.63) is 29.6 Å². The van der Waals surface area contributed by atoms with Crippen LogP contribution in [0.5, 0.6) is 0 Å². The molecule has 3 N–H and O–H groups in total. The first-order valence-corrected chi connectivity index (χ1v) is 9.20. The molecule has 1 aromatic carbocycles.